The van der Waals surface area contributed by atoms with Crippen LogP contribution in [0.1, 0.15) is 26.3 Å². The number of benzene rings is 1. The molecule has 2 unspecified atom stereocenters. The first-order chi connectivity index (χ1) is 9.79. The highest BCUT2D eigenvalue weighted by atomic mass is 16.5. The third-order valence-corrected chi connectivity index (χ3v) is 3.70. The van der Waals surface area contributed by atoms with Crippen molar-refractivity contribution in [3.05, 3.63) is 23.8 Å². The van der Waals surface area contributed by atoms with E-state index in [2.05, 4.69) is 0 Å². The third kappa shape index (κ3) is 3.47. The maximum atomic E-state index is 12.0. The zero-order valence-corrected chi connectivity index (χ0v) is 13.5. The van der Waals surface area contributed by atoms with Crippen molar-refractivity contribution in [2.24, 2.45) is 11.8 Å². The second-order valence-corrected chi connectivity index (χ2v) is 5.46. The molecular weight excluding hydrogens is 272 g/mol. The van der Waals surface area contributed by atoms with E-state index in [1.54, 1.807) is 32.2 Å². The molecule has 0 aromatic heterocycles. The molecular formula is C16H24O5. The van der Waals surface area contributed by atoms with Crippen LogP contribution in [0.25, 0.3) is 0 Å². The molecule has 0 heterocycles. The third-order valence-electron chi connectivity index (χ3n) is 3.70. The molecule has 1 aromatic rings. The fourth-order valence-electron chi connectivity index (χ4n) is 2.61. The largest absolute Gasteiger partial charge is 0.493 e. The number of hydrogen-bond donors (Lipinski definition) is 1. The highest BCUT2D eigenvalue weighted by molar-refractivity contribution is 5.74. The Morgan fingerprint density at radius 2 is 1.71 bits per heavy atom. The number of carbonyl (C=O) groups excluding carboxylic acids is 1. The van der Waals surface area contributed by atoms with E-state index in [0.717, 1.165) is 0 Å². The monoisotopic (exact) mass is 296 g/mol. The van der Waals surface area contributed by atoms with Crippen LogP contribution in [0.3, 0.4) is 0 Å². The predicted molar refractivity (Wildman–Crippen MR) is 79.5 cm³/mol. The quantitative estimate of drug-likeness (QED) is 0.816. The summed E-state index contributed by atoms with van der Waals surface area (Å²) in [6, 6.07) is 5.11. The van der Waals surface area contributed by atoms with Crippen molar-refractivity contribution in [2.45, 2.75) is 26.4 Å². The van der Waals surface area contributed by atoms with Crippen molar-refractivity contribution in [2.75, 3.05) is 21.3 Å². The number of aliphatic hydroxyl groups is 1. The van der Waals surface area contributed by atoms with Crippen LogP contribution in [0.5, 0.6) is 11.5 Å². The van der Waals surface area contributed by atoms with Gasteiger partial charge in [-0.05, 0) is 30.5 Å². The molecule has 1 rings (SSSR count). The van der Waals surface area contributed by atoms with Gasteiger partial charge in [-0.15, -0.1) is 0 Å². The first-order valence-corrected chi connectivity index (χ1v) is 6.82. The van der Waals surface area contributed by atoms with Crippen molar-refractivity contribution in [1.29, 1.82) is 0 Å². The van der Waals surface area contributed by atoms with Gasteiger partial charge in [0, 0.05) is 0 Å². The summed E-state index contributed by atoms with van der Waals surface area (Å²) in [4.78, 5) is 12.0. The van der Waals surface area contributed by atoms with Gasteiger partial charge in [0.1, 0.15) is 5.60 Å². The van der Waals surface area contributed by atoms with E-state index in [4.69, 9.17) is 14.2 Å². The van der Waals surface area contributed by atoms with E-state index >= 15 is 0 Å². The molecule has 0 spiro atoms. The lowest BCUT2D eigenvalue weighted by Gasteiger charge is -2.34. The van der Waals surface area contributed by atoms with Crippen LogP contribution in [-0.2, 0) is 15.1 Å². The van der Waals surface area contributed by atoms with Gasteiger partial charge in [0.2, 0.25) is 0 Å². The van der Waals surface area contributed by atoms with Gasteiger partial charge in [-0.25, -0.2) is 0 Å². The Morgan fingerprint density at radius 1 is 1.14 bits per heavy atom. The summed E-state index contributed by atoms with van der Waals surface area (Å²) >= 11 is 0. The molecule has 1 N–H and O–H groups in total. The summed E-state index contributed by atoms with van der Waals surface area (Å²) in [6.07, 6.45) is 0. The van der Waals surface area contributed by atoms with E-state index in [1.807, 2.05) is 13.8 Å². The number of ether oxygens (including phenoxy) is 3. The van der Waals surface area contributed by atoms with Crippen LogP contribution < -0.4 is 9.47 Å². The molecule has 0 aliphatic heterocycles. The van der Waals surface area contributed by atoms with Gasteiger partial charge in [0.25, 0.3) is 0 Å². The maximum Gasteiger partial charge on any atom is 0.312 e. The van der Waals surface area contributed by atoms with E-state index in [9.17, 15) is 9.90 Å². The van der Waals surface area contributed by atoms with Crippen LogP contribution in [0, 0.1) is 11.8 Å². The van der Waals surface area contributed by atoms with Gasteiger partial charge in [0.05, 0.1) is 27.2 Å². The first-order valence-electron chi connectivity index (χ1n) is 6.82. The lowest BCUT2D eigenvalue weighted by Crippen LogP contribution is -2.41. The number of esters is 1. The van der Waals surface area contributed by atoms with Crippen LogP contribution in [0.15, 0.2) is 18.2 Å². The molecule has 0 aliphatic rings. The maximum absolute atomic E-state index is 12.0. The first kappa shape index (κ1) is 17.3. The lowest BCUT2D eigenvalue weighted by molar-refractivity contribution is -0.159. The van der Waals surface area contributed by atoms with Gasteiger partial charge in [0.15, 0.2) is 11.5 Å². The second-order valence-electron chi connectivity index (χ2n) is 5.46. The Kier molecular flexibility index (Phi) is 5.61. The molecule has 21 heavy (non-hydrogen) atoms. The number of rotatable bonds is 6. The summed E-state index contributed by atoms with van der Waals surface area (Å²) in [5, 5.41) is 10.9. The molecule has 118 valence electrons. The average Bonchev–Trinajstić information content (AvgIpc) is 2.45. The Labute approximate surface area is 125 Å². The van der Waals surface area contributed by atoms with E-state index < -0.39 is 17.5 Å². The predicted octanol–water partition coefficient (Wildman–Crippen LogP) is 2.36. The minimum atomic E-state index is -1.37. The Bertz CT molecular complexity index is 493. The molecule has 2 atom stereocenters. The lowest BCUT2D eigenvalue weighted by atomic mass is 9.76. The van der Waals surface area contributed by atoms with Crippen LogP contribution in [0.2, 0.25) is 0 Å². The molecule has 5 nitrogen and oxygen atoms in total. The number of methoxy groups -OCH3 is 3. The van der Waals surface area contributed by atoms with Gasteiger partial charge in [-0.2, -0.15) is 0 Å². The average molecular weight is 296 g/mol. The minimum absolute atomic E-state index is 0.0828. The van der Waals surface area contributed by atoms with Crippen LogP contribution >= 0.6 is 0 Å². The highest BCUT2D eigenvalue weighted by Gasteiger charge is 2.42. The highest BCUT2D eigenvalue weighted by Crippen LogP contribution is 2.39. The van der Waals surface area contributed by atoms with Gasteiger partial charge >= 0.3 is 5.97 Å². The molecule has 0 saturated heterocycles. The summed E-state index contributed by atoms with van der Waals surface area (Å²) in [7, 11) is 4.39. The topological polar surface area (TPSA) is 65.0 Å². The smallest absolute Gasteiger partial charge is 0.312 e. The summed E-state index contributed by atoms with van der Waals surface area (Å²) < 4.78 is 15.3. The van der Waals surface area contributed by atoms with Gasteiger partial charge in [-0.1, -0.05) is 19.9 Å². The normalized spacial score (nSPS) is 15.2. The number of carbonyl (C=O) groups is 1. The summed E-state index contributed by atoms with van der Waals surface area (Å²) in [6.45, 7) is 5.35. The molecule has 0 radical (unpaired) electrons. The molecule has 0 amide bonds. The van der Waals surface area contributed by atoms with Crippen LogP contribution in [-0.4, -0.2) is 32.4 Å². The van der Waals surface area contributed by atoms with Gasteiger partial charge < -0.3 is 19.3 Å². The summed E-state index contributed by atoms with van der Waals surface area (Å²) in [5.41, 5.74) is -0.801. The molecule has 0 saturated carbocycles. The Morgan fingerprint density at radius 3 is 2.14 bits per heavy atom. The standard InChI is InChI=1S/C16H24O5/c1-10(2)14(15(17)21-6)16(3,18)11-7-8-12(19-4)13(9-11)20-5/h7-10,14,18H,1-6H3. The second kappa shape index (κ2) is 6.80. The zero-order valence-electron chi connectivity index (χ0n) is 13.5. The van der Waals surface area contributed by atoms with Crippen molar-refractivity contribution in [1.82, 2.24) is 0 Å². The van der Waals surface area contributed by atoms with E-state index in [-0.39, 0.29) is 5.92 Å². The molecule has 0 bridgehead atoms. The Balaban J connectivity index is 3.30. The van der Waals surface area contributed by atoms with Gasteiger partial charge in [-0.3, -0.25) is 4.79 Å². The van der Waals surface area contributed by atoms with E-state index in [1.165, 1.54) is 14.2 Å². The van der Waals surface area contributed by atoms with Crippen LogP contribution in [0.4, 0.5) is 0 Å². The number of hydrogen-bond acceptors (Lipinski definition) is 5. The molecule has 1 aromatic carbocycles. The van der Waals surface area contributed by atoms with Crippen molar-refractivity contribution in [3.63, 3.8) is 0 Å². The minimum Gasteiger partial charge on any atom is -0.493 e. The zero-order chi connectivity index (χ0) is 16.2. The molecule has 5 heteroatoms. The van der Waals surface area contributed by atoms with Crippen molar-refractivity contribution < 1.29 is 24.1 Å². The molecule has 0 aliphatic carbocycles. The fourth-order valence-corrected chi connectivity index (χ4v) is 2.61. The van der Waals surface area contributed by atoms with Crippen molar-refractivity contribution in [3.8, 4) is 11.5 Å². The van der Waals surface area contributed by atoms with E-state index in [0.29, 0.717) is 17.1 Å². The van der Waals surface area contributed by atoms with Crippen molar-refractivity contribution >= 4 is 5.97 Å². The summed E-state index contributed by atoms with van der Waals surface area (Å²) in [5.74, 6) is -0.134. The molecule has 0 fully saturated rings. The Hall–Kier alpha value is -1.75. The SMILES string of the molecule is COC(=O)C(C(C)C)C(C)(O)c1ccc(OC)c(OC)c1. The fraction of sp³-hybridized carbons (Fsp3) is 0.562.